The molecule has 0 bridgehead atoms. The zero-order chi connectivity index (χ0) is 25.2. The summed E-state index contributed by atoms with van der Waals surface area (Å²) in [5.41, 5.74) is 2.90. The Bertz CT molecular complexity index is 939. The van der Waals surface area contributed by atoms with Gasteiger partial charge >= 0.3 is 12.0 Å². The van der Waals surface area contributed by atoms with Crippen molar-refractivity contribution in [2.24, 2.45) is 5.92 Å². The third-order valence-corrected chi connectivity index (χ3v) is 6.44. The molecule has 35 heavy (non-hydrogen) atoms. The SMILES string of the molecule is CCOC(Cc1ccc(OCCN(CC2CCC2)C(=O)Nc2ccc(C(C)C)cc2)cc1)C(=O)O. The van der Waals surface area contributed by atoms with E-state index in [4.69, 9.17) is 9.47 Å². The van der Waals surface area contributed by atoms with Gasteiger partial charge < -0.3 is 24.8 Å². The van der Waals surface area contributed by atoms with Gasteiger partial charge in [-0.1, -0.05) is 44.5 Å². The molecule has 0 aliphatic heterocycles. The number of nitrogens with zero attached hydrogens (tertiary/aromatic N) is 1. The summed E-state index contributed by atoms with van der Waals surface area (Å²) in [5.74, 6) is 0.721. The van der Waals surface area contributed by atoms with Gasteiger partial charge in [-0.3, -0.25) is 0 Å². The highest BCUT2D eigenvalue weighted by Crippen LogP contribution is 2.27. The molecule has 190 valence electrons. The van der Waals surface area contributed by atoms with Crippen molar-refractivity contribution in [2.45, 2.75) is 58.5 Å². The maximum Gasteiger partial charge on any atom is 0.333 e. The van der Waals surface area contributed by atoms with Gasteiger partial charge in [0.05, 0.1) is 6.54 Å². The Morgan fingerprint density at radius 3 is 2.31 bits per heavy atom. The van der Waals surface area contributed by atoms with E-state index in [1.807, 2.05) is 41.3 Å². The van der Waals surface area contributed by atoms with E-state index in [9.17, 15) is 14.7 Å². The number of amides is 2. The lowest BCUT2D eigenvalue weighted by molar-refractivity contribution is -0.149. The Hall–Kier alpha value is -3.06. The molecule has 1 unspecified atom stereocenters. The molecular formula is C28H38N2O5. The molecule has 1 saturated carbocycles. The molecule has 0 spiro atoms. The van der Waals surface area contributed by atoms with Gasteiger partial charge in [-0.15, -0.1) is 0 Å². The average molecular weight is 483 g/mol. The smallest absolute Gasteiger partial charge is 0.333 e. The molecule has 1 atom stereocenters. The van der Waals surface area contributed by atoms with E-state index in [0.29, 0.717) is 43.8 Å². The van der Waals surface area contributed by atoms with E-state index in [0.717, 1.165) is 30.6 Å². The number of rotatable bonds is 13. The third kappa shape index (κ3) is 8.28. The van der Waals surface area contributed by atoms with E-state index in [1.165, 1.54) is 12.0 Å². The number of aliphatic carboxylic acids is 1. The van der Waals surface area contributed by atoms with Crippen molar-refractivity contribution in [1.82, 2.24) is 4.90 Å². The number of ether oxygens (including phenoxy) is 2. The van der Waals surface area contributed by atoms with E-state index in [1.54, 1.807) is 6.92 Å². The molecule has 2 aromatic carbocycles. The van der Waals surface area contributed by atoms with Gasteiger partial charge in [0.2, 0.25) is 0 Å². The van der Waals surface area contributed by atoms with E-state index in [2.05, 4.69) is 31.3 Å². The summed E-state index contributed by atoms with van der Waals surface area (Å²) in [5, 5.41) is 12.3. The number of nitrogens with one attached hydrogen (secondary N) is 1. The highest BCUT2D eigenvalue weighted by molar-refractivity contribution is 5.89. The van der Waals surface area contributed by atoms with Gasteiger partial charge in [-0.05, 0) is 67.0 Å². The maximum absolute atomic E-state index is 13.0. The normalized spacial score (nSPS) is 14.3. The minimum atomic E-state index is -0.965. The first-order valence-electron chi connectivity index (χ1n) is 12.6. The summed E-state index contributed by atoms with van der Waals surface area (Å²) in [4.78, 5) is 26.1. The molecular weight excluding hydrogens is 444 g/mol. The highest BCUT2D eigenvalue weighted by Gasteiger charge is 2.24. The maximum atomic E-state index is 13.0. The molecule has 1 aliphatic carbocycles. The van der Waals surface area contributed by atoms with Crippen LogP contribution in [0.5, 0.6) is 5.75 Å². The summed E-state index contributed by atoms with van der Waals surface area (Å²) in [6, 6.07) is 15.3. The standard InChI is InChI=1S/C28H38N2O5/c1-4-34-26(27(31)32)18-21-8-14-25(15-9-21)35-17-16-30(19-22-6-5-7-22)28(33)29-24-12-10-23(11-13-24)20(2)3/h8-15,20,22,26H,4-7,16-19H2,1-3H3,(H,29,33)(H,31,32). The first kappa shape index (κ1) is 26.5. The molecule has 2 amide bonds. The third-order valence-electron chi connectivity index (χ3n) is 6.44. The van der Waals surface area contributed by atoms with Crippen LogP contribution in [0.15, 0.2) is 48.5 Å². The molecule has 7 nitrogen and oxygen atoms in total. The first-order chi connectivity index (χ1) is 16.9. The number of benzene rings is 2. The average Bonchev–Trinajstić information content (AvgIpc) is 2.81. The van der Waals surface area contributed by atoms with Gasteiger partial charge in [0.1, 0.15) is 12.4 Å². The Labute approximate surface area is 208 Å². The summed E-state index contributed by atoms with van der Waals surface area (Å²) < 4.78 is 11.2. The van der Waals surface area contributed by atoms with Crippen molar-refractivity contribution >= 4 is 17.7 Å². The minimum Gasteiger partial charge on any atom is -0.492 e. The minimum absolute atomic E-state index is 0.108. The zero-order valence-electron chi connectivity index (χ0n) is 21.0. The second-order valence-corrected chi connectivity index (χ2v) is 9.43. The molecule has 0 saturated heterocycles. The van der Waals surface area contributed by atoms with Crippen LogP contribution in [0.4, 0.5) is 10.5 Å². The fraction of sp³-hybridized carbons (Fsp3) is 0.500. The number of carboxylic acids is 1. The van der Waals surface area contributed by atoms with E-state index < -0.39 is 12.1 Å². The Morgan fingerprint density at radius 2 is 1.77 bits per heavy atom. The number of urea groups is 1. The second kappa shape index (κ2) is 13.1. The van der Waals surface area contributed by atoms with Crippen LogP contribution in [0.1, 0.15) is 57.1 Å². The number of hydrogen-bond acceptors (Lipinski definition) is 4. The van der Waals surface area contributed by atoms with Gasteiger partial charge in [0.25, 0.3) is 0 Å². The Kier molecular flexibility index (Phi) is 9.97. The van der Waals surface area contributed by atoms with Crippen molar-refractivity contribution in [3.8, 4) is 5.75 Å². The van der Waals surface area contributed by atoms with Crippen molar-refractivity contribution in [1.29, 1.82) is 0 Å². The summed E-state index contributed by atoms with van der Waals surface area (Å²) >= 11 is 0. The highest BCUT2D eigenvalue weighted by atomic mass is 16.5. The molecule has 0 aromatic heterocycles. The van der Waals surface area contributed by atoms with Gasteiger partial charge in [0.15, 0.2) is 6.10 Å². The predicted octanol–water partition coefficient (Wildman–Crippen LogP) is 5.56. The summed E-state index contributed by atoms with van der Waals surface area (Å²) in [7, 11) is 0. The lowest BCUT2D eigenvalue weighted by Crippen LogP contribution is -2.42. The zero-order valence-corrected chi connectivity index (χ0v) is 21.0. The van der Waals surface area contributed by atoms with Crippen molar-refractivity contribution in [3.05, 3.63) is 59.7 Å². The van der Waals surface area contributed by atoms with Gasteiger partial charge in [-0.25, -0.2) is 9.59 Å². The number of anilines is 1. The molecule has 2 aromatic rings. The lowest BCUT2D eigenvalue weighted by Gasteiger charge is -2.32. The fourth-order valence-electron chi connectivity index (χ4n) is 4.04. The first-order valence-corrected chi connectivity index (χ1v) is 12.6. The molecule has 2 N–H and O–H groups in total. The molecule has 7 heteroatoms. The fourth-order valence-corrected chi connectivity index (χ4v) is 4.04. The molecule has 0 heterocycles. The number of carbonyl (C=O) groups excluding carboxylic acids is 1. The molecule has 1 aliphatic rings. The van der Waals surface area contributed by atoms with E-state index >= 15 is 0 Å². The van der Waals surface area contributed by atoms with Crippen LogP contribution in [0.2, 0.25) is 0 Å². The topological polar surface area (TPSA) is 88.1 Å². The van der Waals surface area contributed by atoms with Crippen LogP contribution in [-0.2, 0) is 16.0 Å². The number of carboxylic acid groups (broad SMARTS) is 1. The van der Waals surface area contributed by atoms with Crippen molar-refractivity contribution in [3.63, 3.8) is 0 Å². The van der Waals surface area contributed by atoms with Crippen molar-refractivity contribution < 1.29 is 24.2 Å². The van der Waals surface area contributed by atoms with E-state index in [-0.39, 0.29) is 6.03 Å². The van der Waals surface area contributed by atoms with Gasteiger partial charge in [0, 0.05) is 25.3 Å². The Morgan fingerprint density at radius 1 is 1.09 bits per heavy atom. The van der Waals surface area contributed by atoms with Crippen LogP contribution in [-0.4, -0.2) is 54.4 Å². The number of carbonyl (C=O) groups is 2. The Balaban J connectivity index is 1.52. The monoisotopic (exact) mass is 482 g/mol. The molecule has 3 rings (SSSR count). The van der Waals surface area contributed by atoms with Crippen LogP contribution in [0, 0.1) is 5.92 Å². The predicted molar refractivity (Wildman–Crippen MR) is 137 cm³/mol. The number of hydrogen-bond donors (Lipinski definition) is 2. The van der Waals surface area contributed by atoms with Crippen LogP contribution in [0.3, 0.4) is 0 Å². The van der Waals surface area contributed by atoms with Gasteiger partial charge in [-0.2, -0.15) is 0 Å². The largest absolute Gasteiger partial charge is 0.492 e. The van der Waals surface area contributed by atoms with Crippen molar-refractivity contribution in [2.75, 3.05) is 31.6 Å². The lowest BCUT2D eigenvalue weighted by atomic mass is 9.85. The van der Waals surface area contributed by atoms with Crippen LogP contribution >= 0.6 is 0 Å². The second-order valence-electron chi connectivity index (χ2n) is 9.43. The molecule has 0 radical (unpaired) electrons. The quantitative estimate of drug-likeness (QED) is 0.390. The summed E-state index contributed by atoms with van der Waals surface area (Å²) in [6.07, 6.45) is 3.00. The van der Waals surface area contributed by atoms with Crippen LogP contribution < -0.4 is 10.1 Å². The molecule has 1 fully saturated rings. The van der Waals surface area contributed by atoms with Crippen LogP contribution in [0.25, 0.3) is 0 Å². The summed E-state index contributed by atoms with van der Waals surface area (Å²) in [6.45, 7) is 8.02.